The molecule has 23 heavy (non-hydrogen) atoms. The molecule has 0 aliphatic carbocycles. The fourth-order valence-corrected chi connectivity index (χ4v) is 2.33. The van der Waals surface area contributed by atoms with Crippen LogP contribution in [0.1, 0.15) is 0 Å². The average Bonchev–Trinajstić information content (AvgIpc) is 3.00. The summed E-state index contributed by atoms with van der Waals surface area (Å²) in [4.78, 5) is 7.14. The molecule has 0 aliphatic heterocycles. The van der Waals surface area contributed by atoms with Gasteiger partial charge in [-0.25, -0.2) is 0 Å². The molecule has 4 nitrogen and oxygen atoms in total. The number of hydrogen-bond donors (Lipinski definition) is 3. The topological polar surface area (TPSA) is 80.7 Å². The van der Waals surface area contributed by atoms with Crippen molar-refractivity contribution in [3.8, 4) is 11.3 Å². The highest BCUT2D eigenvalue weighted by Gasteiger charge is 2.03. The van der Waals surface area contributed by atoms with Crippen LogP contribution in [0.2, 0.25) is 0 Å². The first-order valence-electron chi connectivity index (χ1n) is 7.31. The van der Waals surface area contributed by atoms with Crippen LogP contribution in [0, 0.1) is 0 Å². The minimum Gasteiger partial charge on any atom is -0.399 e. The highest BCUT2D eigenvalue weighted by atomic mass is 14.7. The van der Waals surface area contributed by atoms with Crippen LogP contribution in [-0.4, -0.2) is 9.97 Å². The maximum atomic E-state index is 5.78. The van der Waals surface area contributed by atoms with Crippen molar-refractivity contribution in [2.24, 2.45) is 0 Å². The van der Waals surface area contributed by atoms with Crippen molar-refractivity contribution in [3.05, 3.63) is 79.1 Å². The van der Waals surface area contributed by atoms with E-state index >= 15 is 0 Å². The van der Waals surface area contributed by atoms with E-state index in [0.717, 1.165) is 33.5 Å². The number of nitrogens with zero attached hydrogens (tertiary/aromatic N) is 1. The Balaban J connectivity index is 0.000000220. The highest BCUT2D eigenvalue weighted by Crippen LogP contribution is 2.26. The maximum absolute atomic E-state index is 5.78. The lowest BCUT2D eigenvalue weighted by molar-refractivity contribution is 1.33. The zero-order chi connectivity index (χ0) is 16.1. The van der Waals surface area contributed by atoms with Crippen molar-refractivity contribution >= 4 is 22.3 Å². The first-order valence-corrected chi connectivity index (χ1v) is 7.31. The second-order valence-corrected chi connectivity index (χ2v) is 5.18. The molecule has 0 bridgehead atoms. The number of nitrogens with two attached hydrogens (primary N) is 2. The Morgan fingerprint density at radius 3 is 2.17 bits per heavy atom. The molecule has 4 rings (SSSR count). The predicted molar refractivity (Wildman–Crippen MR) is 96.8 cm³/mol. The monoisotopic (exact) mass is 302 g/mol. The van der Waals surface area contributed by atoms with Crippen LogP contribution in [0.25, 0.3) is 22.2 Å². The number of aromatic nitrogens is 2. The number of rotatable bonds is 1. The van der Waals surface area contributed by atoms with Crippen molar-refractivity contribution in [3.63, 3.8) is 0 Å². The Bertz CT molecular complexity index is 871. The lowest BCUT2D eigenvalue weighted by Gasteiger charge is -1.98. The number of H-pyrrole nitrogens is 1. The molecule has 0 spiro atoms. The Kier molecular flexibility index (Phi) is 4.25. The second-order valence-electron chi connectivity index (χ2n) is 5.18. The van der Waals surface area contributed by atoms with Gasteiger partial charge < -0.3 is 16.5 Å². The summed E-state index contributed by atoms with van der Waals surface area (Å²) in [6, 6.07) is 21.4. The maximum Gasteiger partial charge on any atom is 0.0465 e. The van der Waals surface area contributed by atoms with E-state index in [-0.39, 0.29) is 0 Å². The number of hydrogen-bond acceptors (Lipinski definition) is 3. The quantitative estimate of drug-likeness (QED) is 0.463. The van der Waals surface area contributed by atoms with Gasteiger partial charge in [-0.1, -0.05) is 18.2 Å². The van der Waals surface area contributed by atoms with Crippen LogP contribution in [0.4, 0.5) is 11.4 Å². The molecule has 0 aliphatic rings. The first kappa shape index (κ1) is 14.7. The van der Waals surface area contributed by atoms with Crippen LogP contribution in [0.15, 0.2) is 79.1 Å². The van der Waals surface area contributed by atoms with Crippen molar-refractivity contribution in [2.45, 2.75) is 0 Å². The third-order valence-corrected chi connectivity index (χ3v) is 3.41. The molecule has 2 aromatic carbocycles. The largest absolute Gasteiger partial charge is 0.399 e. The Hall–Kier alpha value is -3.27. The third kappa shape index (κ3) is 3.68. The van der Waals surface area contributed by atoms with Crippen LogP contribution in [-0.2, 0) is 0 Å². The van der Waals surface area contributed by atoms with Crippen LogP contribution < -0.4 is 11.5 Å². The molecule has 114 valence electrons. The Labute approximate surface area is 134 Å². The molecule has 0 radical (unpaired) electrons. The van der Waals surface area contributed by atoms with E-state index in [0.29, 0.717) is 0 Å². The zero-order valence-electron chi connectivity index (χ0n) is 12.6. The van der Waals surface area contributed by atoms with E-state index in [9.17, 15) is 0 Å². The van der Waals surface area contributed by atoms with E-state index in [1.165, 1.54) is 0 Å². The van der Waals surface area contributed by atoms with Crippen molar-refractivity contribution in [1.82, 2.24) is 9.97 Å². The molecule has 0 saturated carbocycles. The summed E-state index contributed by atoms with van der Waals surface area (Å²) < 4.78 is 0. The van der Waals surface area contributed by atoms with Crippen LogP contribution in [0.3, 0.4) is 0 Å². The lowest BCUT2D eigenvalue weighted by atomic mass is 10.1. The number of benzene rings is 2. The molecule has 0 unspecified atom stereocenters. The number of anilines is 2. The molecular formula is C19H18N4. The van der Waals surface area contributed by atoms with Gasteiger partial charge in [0.1, 0.15) is 0 Å². The van der Waals surface area contributed by atoms with Crippen molar-refractivity contribution < 1.29 is 0 Å². The van der Waals surface area contributed by atoms with Gasteiger partial charge in [0.05, 0.1) is 0 Å². The second kappa shape index (κ2) is 6.66. The molecule has 2 aromatic heterocycles. The van der Waals surface area contributed by atoms with Crippen LogP contribution in [0.5, 0.6) is 0 Å². The predicted octanol–water partition coefficient (Wildman–Crippen LogP) is 4.08. The number of nitrogens with one attached hydrogen (secondary N) is 1. The minimum atomic E-state index is 0.765. The molecule has 0 fully saturated rings. The first-order chi connectivity index (χ1) is 11.2. The number of fused-ring (bicyclic) bond motifs is 1. The van der Waals surface area contributed by atoms with Crippen molar-refractivity contribution in [1.29, 1.82) is 0 Å². The lowest BCUT2D eigenvalue weighted by Crippen LogP contribution is -1.84. The van der Waals surface area contributed by atoms with Gasteiger partial charge in [-0.15, -0.1) is 0 Å². The molecule has 0 saturated heterocycles. The number of nitrogen functional groups attached to an aromatic ring is 2. The Morgan fingerprint density at radius 2 is 1.52 bits per heavy atom. The highest BCUT2D eigenvalue weighted by molar-refractivity contribution is 5.88. The van der Waals surface area contributed by atoms with Gasteiger partial charge in [-0.2, -0.15) is 0 Å². The summed E-state index contributed by atoms with van der Waals surface area (Å²) >= 11 is 0. The molecule has 5 N–H and O–H groups in total. The summed E-state index contributed by atoms with van der Waals surface area (Å²) in [6.45, 7) is 0. The van der Waals surface area contributed by atoms with E-state index in [1.807, 2.05) is 60.7 Å². The molecule has 0 amide bonds. The van der Waals surface area contributed by atoms with E-state index in [1.54, 1.807) is 12.4 Å². The smallest absolute Gasteiger partial charge is 0.0465 e. The van der Waals surface area contributed by atoms with E-state index < -0.39 is 0 Å². The minimum absolute atomic E-state index is 0.765. The average molecular weight is 302 g/mol. The van der Waals surface area contributed by atoms with Gasteiger partial charge in [0, 0.05) is 40.4 Å². The molecular weight excluding hydrogens is 284 g/mol. The van der Waals surface area contributed by atoms with Gasteiger partial charge >= 0.3 is 0 Å². The summed E-state index contributed by atoms with van der Waals surface area (Å²) in [5, 5.41) is 1.11. The summed E-state index contributed by atoms with van der Waals surface area (Å²) in [6.07, 6.45) is 3.50. The zero-order valence-corrected chi connectivity index (χ0v) is 12.6. The van der Waals surface area contributed by atoms with Gasteiger partial charge in [-0.3, -0.25) is 4.98 Å². The Morgan fingerprint density at radius 1 is 0.739 bits per heavy atom. The van der Waals surface area contributed by atoms with Crippen LogP contribution >= 0.6 is 0 Å². The molecule has 4 aromatic rings. The number of aromatic amines is 1. The van der Waals surface area contributed by atoms with Gasteiger partial charge in [-0.05, 0) is 54.1 Å². The van der Waals surface area contributed by atoms with Gasteiger partial charge in [0.2, 0.25) is 0 Å². The molecule has 0 atom stereocenters. The fraction of sp³-hybridized carbons (Fsp3) is 0. The summed E-state index contributed by atoms with van der Waals surface area (Å²) in [7, 11) is 0. The van der Waals surface area contributed by atoms with Gasteiger partial charge in [0.25, 0.3) is 0 Å². The fourth-order valence-electron chi connectivity index (χ4n) is 2.33. The molecule has 2 heterocycles. The standard InChI is InChI=1S/C14H13N3.C5H5N/c15-11-3-1-2-9(6-11)14-8-10-7-12(16)4-5-13(10)17-14;1-2-4-6-5-3-1/h1-8,17H,15-16H2;1-5H. The normalized spacial score (nSPS) is 10.1. The van der Waals surface area contributed by atoms with Crippen molar-refractivity contribution in [2.75, 3.05) is 11.5 Å². The summed E-state index contributed by atoms with van der Waals surface area (Å²) in [5.41, 5.74) is 16.3. The van der Waals surface area contributed by atoms with E-state index in [2.05, 4.69) is 16.0 Å². The van der Waals surface area contributed by atoms with Gasteiger partial charge in [0.15, 0.2) is 0 Å². The number of pyridine rings is 1. The summed E-state index contributed by atoms with van der Waals surface area (Å²) in [5.74, 6) is 0. The van der Waals surface area contributed by atoms with E-state index in [4.69, 9.17) is 11.5 Å². The molecule has 4 heteroatoms. The SMILES string of the molecule is Nc1cccc(-c2cc3cc(N)ccc3[nH]2)c1.c1ccncc1. The third-order valence-electron chi connectivity index (χ3n) is 3.41.